The third-order valence-corrected chi connectivity index (χ3v) is 4.96. The zero-order valence-corrected chi connectivity index (χ0v) is 15.5. The number of hydrogen-bond acceptors (Lipinski definition) is 6. The summed E-state index contributed by atoms with van der Waals surface area (Å²) in [5.74, 6) is 0.835. The Morgan fingerprint density at radius 2 is 2.28 bits per heavy atom. The van der Waals surface area contributed by atoms with Crippen molar-refractivity contribution in [2.24, 2.45) is 0 Å². The lowest BCUT2D eigenvalue weighted by atomic mass is 10.1. The molecule has 2 atom stereocenters. The smallest absolute Gasteiger partial charge is 0.280 e. The predicted molar refractivity (Wildman–Crippen MR) is 96.3 cm³/mol. The molecule has 0 spiro atoms. The van der Waals surface area contributed by atoms with E-state index in [0.717, 1.165) is 11.4 Å². The van der Waals surface area contributed by atoms with Gasteiger partial charge in [-0.3, -0.25) is 9.78 Å². The van der Waals surface area contributed by atoms with Gasteiger partial charge in [-0.25, -0.2) is 4.98 Å². The van der Waals surface area contributed by atoms with Gasteiger partial charge in [-0.2, -0.15) is 0 Å². The second-order valence-electron chi connectivity index (χ2n) is 6.47. The molecule has 7 heteroatoms. The molecule has 1 saturated heterocycles. The average molecular weight is 361 g/mol. The van der Waals surface area contributed by atoms with Gasteiger partial charge in [-0.1, -0.05) is 13.8 Å². The molecule has 0 saturated carbocycles. The quantitative estimate of drug-likeness (QED) is 0.886. The van der Waals surface area contributed by atoms with Gasteiger partial charge in [0.15, 0.2) is 5.01 Å². The van der Waals surface area contributed by atoms with Gasteiger partial charge in [0.05, 0.1) is 24.5 Å². The maximum absolute atomic E-state index is 12.5. The molecule has 3 heterocycles. The Hall–Kier alpha value is -1.99. The van der Waals surface area contributed by atoms with Crippen molar-refractivity contribution in [1.82, 2.24) is 15.3 Å². The van der Waals surface area contributed by atoms with Crippen LogP contribution in [-0.2, 0) is 4.74 Å². The Morgan fingerprint density at radius 1 is 1.44 bits per heavy atom. The van der Waals surface area contributed by atoms with E-state index in [9.17, 15) is 4.79 Å². The van der Waals surface area contributed by atoms with Crippen LogP contribution in [0.4, 0.5) is 0 Å². The largest absolute Gasteiger partial charge is 0.484 e. The second-order valence-corrected chi connectivity index (χ2v) is 7.33. The summed E-state index contributed by atoms with van der Waals surface area (Å²) in [6, 6.07) is 3.66. The van der Waals surface area contributed by atoms with Crippen LogP contribution in [0.3, 0.4) is 0 Å². The molecule has 1 N–H and O–H groups in total. The molecule has 6 nitrogen and oxygen atoms in total. The SMILES string of the molecule is Cc1ccc(O[C@@H]2COCC[C@@H]2NC(=O)c2nc(C(C)C)cs2)cn1. The van der Waals surface area contributed by atoms with E-state index in [0.29, 0.717) is 36.3 Å². The first kappa shape index (κ1) is 17.8. The van der Waals surface area contributed by atoms with Crippen LogP contribution in [0.5, 0.6) is 5.75 Å². The van der Waals surface area contributed by atoms with Crippen molar-refractivity contribution < 1.29 is 14.3 Å². The molecular formula is C18H23N3O3S. The Labute approximate surface area is 151 Å². The number of aromatic nitrogens is 2. The third-order valence-electron chi connectivity index (χ3n) is 4.10. The lowest BCUT2D eigenvalue weighted by molar-refractivity contribution is -0.0136. The van der Waals surface area contributed by atoms with Gasteiger partial charge < -0.3 is 14.8 Å². The first-order valence-corrected chi connectivity index (χ1v) is 9.34. The van der Waals surface area contributed by atoms with Crippen molar-refractivity contribution in [2.75, 3.05) is 13.2 Å². The van der Waals surface area contributed by atoms with Crippen LogP contribution in [0.1, 0.15) is 47.4 Å². The Kier molecular flexibility index (Phi) is 5.65. The number of ether oxygens (including phenoxy) is 2. The Morgan fingerprint density at radius 3 is 2.96 bits per heavy atom. The number of thiazole rings is 1. The third kappa shape index (κ3) is 4.55. The Balaban J connectivity index is 1.65. The van der Waals surface area contributed by atoms with E-state index in [4.69, 9.17) is 9.47 Å². The van der Waals surface area contributed by atoms with E-state index < -0.39 is 0 Å². The first-order valence-electron chi connectivity index (χ1n) is 8.46. The molecule has 25 heavy (non-hydrogen) atoms. The second kappa shape index (κ2) is 7.93. The zero-order chi connectivity index (χ0) is 17.8. The minimum Gasteiger partial charge on any atom is -0.484 e. The van der Waals surface area contributed by atoms with Crippen LogP contribution in [0.2, 0.25) is 0 Å². The lowest BCUT2D eigenvalue weighted by Crippen LogP contribution is -2.51. The summed E-state index contributed by atoms with van der Waals surface area (Å²) in [5, 5.41) is 5.48. The number of carbonyl (C=O) groups excluding carboxylic acids is 1. The van der Waals surface area contributed by atoms with E-state index in [1.807, 2.05) is 24.4 Å². The van der Waals surface area contributed by atoms with Gasteiger partial charge in [0.1, 0.15) is 11.9 Å². The molecule has 0 aromatic carbocycles. The van der Waals surface area contributed by atoms with Crippen molar-refractivity contribution >= 4 is 17.2 Å². The topological polar surface area (TPSA) is 73.3 Å². The number of rotatable bonds is 5. The monoisotopic (exact) mass is 361 g/mol. The van der Waals surface area contributed by atoms with Crippen molar-refractivity contribution in [3.63, 3.8) is 0 Å². The first-order chi connectivity index (χ1) is 12.0. The number of nitrogens with zero attached hydrogens (tertiary/aromatic N) is 2. The minimum atomic E-state index is -0.244. The van der Waals surface area contributed by atoms with Gasteiger partial charge in [0.25, 0.3) is 5.91 Å². The summed E-state index contributed by atoms with van der Waals surface area (Å²) in [4.78, 5) is 21.2. The molecule has 1 aliphatic heterocycles. The van der Waals surface area contributed by atoms with Crippen molar-refractivity contribution in [1.29, 1.82) is 0 Å². The fourth-order valence-corrected chi connectivity index (χ4v) is 3.46. The van der Waals surface area contributed by atoms with E-state index in [2.05, 4.69) is 29.1 Å². The fourth-order valence-electron chi connectivity index (χ4n) is 2.58. The van der Waals surface area contributed by atoms with Crippen LogP contribution in [0.25, 0.3) is 0 Å². The van der Waals surface area contributed by atoms with Crippen molar-refractivity contribution in [2.45, 2.75) is 45.3 Å². The minimum absolute atomic E-state index is 0.117. The highest BCUT2D eigenvalue weighted by Crippen LogP contribution is 2.20. The molecule has 0 aliphatic carbocycles. The van der Waals surface area contributed by atoms with Crippen molar-refractivity contribution in [3.05, 3.63) is 40.1 Å². The molecule has 0 radical (unpaired) electrons. The van der Waals surface area contributed by atoms with Gasteiger partial charge in [-0.15, -0.1) is 11.3 Å². The summed E-state index contributed by atoms with van der Waals surface area (Å²) in [6.07, 6.45) is 2.16. The van der Waals surface area contributed by atoms with E-state index in [1.165, 1.54) is 11.3 Å². The average Bonchev–Trinajstić information content (AvgIpc) is 3.09. The summed E-state index contributed by atoms with van der Waals surface area (Å²) in [6.45, 7) is 7.10. The highest BCUT2D eigenvalue weighted by molar-refractivity contribution is 7.11. The number of amides is 1. The molecule has 1 fully saturated rings. The normalized spacial score (nSPS) is 20.5. The maximum atomic E-state index is 12.5. The predicted octanol–water partition coefficient (Wildman–Crippen LogP) is 2.94. The fraction of sp³-hybridized carbons (Fsp3) is 0.500. The molecule has 3 rings (SSSR count). The van der Waals surface area contributed by atoms with Gasteiger partial charge in [0, 0.05) is 17.7 Å². The molecule has 0 unspecified atom stereocenters. The number of aryl methyl sites for hydroxylation is 1. The standard InChI is InChI=1S/C18H23N3O3S/c1-11(2)15-10-25-18(21-15)17(22)20-14-6-7-23-9-16(14)24-13-5-4-12(3)19-8-13/h4-5,8,10-11,14,16H,6-7,9H2,1-3H3,(H,20,22)/t14-,16+/m0/s1. The molecule has 1 aliphatic rings. The van der Waals surface area contributed by atoms with Crippen molar-refractivity contribution in [3.8, 4) is 5.75 Å². The number of nitrogens with one attached hydrogen (secondary N) is 1. The van der Waals surface area contributed by atoms with Gasteiger partial charge >= 0.3 is 0 Å². The summed E-state index contributed by atoms with van der Waals surface area (Å²) in [5.41, 5.74) is 1.88. The number of pyridine rings is 1. The molecule has 2 aromatic heterocycles. The number of hydrogen-bond donors (Lipinski definition) is 1. The molecule has 1 amide bonds. The van der Waals surface area contributed by atoms with Gasteiger partial charge in [-0.05, 0) is 31.4 Å². The molecule has 0 bridgehead atoms. The van der Waals surface area contributed by atoms with Crippen LogP contribution in [0, 0.1) is 6.92 Å². The van der Waals surface area contributed by atoms with E-state index in [1.54, 1.807) is 6.20 Å². The molecule has 2 aromatic rings. The van der Waals surface area contributed by atoms with Crippen LogP contribution >= 0.6 is 11.3 Å². The highest BCUT2D eigenvalue weighted by Gasteiger charge is 2.30. The zero-order valence-electron chi connectivity index (χ0n) is 14.7. The maximum Gasteiger partial charge on any atom is 0.280 e. The number of carbonyl (C=O) groups is 1. The summed E-state index contributed by atoms with van der Waals surface area (Å²) >= 11 is 1.38. The van der Waals surface area contributed by atoms with E-state index in [-0.39, 0.29) is 18.1 Å². The summed E-state index contributed by atoms with van der Waals surface area (Å²) < 4.78 is 11.5. The Bertz CT molecular complexity index is 715. The van der Waals surface area contributed by atoms with Crippen LogP contribution in [0.15, 0.2) is 23.7 Å². The molecule has 134 valence electrons. The summed E-state index contributed by atoms with van der Waals surface area (Å²) in [7, 11) is 0. The molecular weight excluding hydrogens is 338 g/mol. The van der Waals surface area contributed by atoms with E-state index >= 15 is 0 Å². The highest BCUT2D eigenvalue weighted by atomic mass is 32.1. The van der Waals surface area contributed by atoms with Crippen LogP contribution in [-0.4, -0.2) is 41.2 Å². The lowest BCUT2D eigenvalue weighted by Gasteiger charge is -2.32. The van der Waals surface area contributed by atoms with Gasteiger partial charge in [0.2, 0.25) is 0 Å². The van der Waals surface area contributed by atoms with Crippen LogP contribution < -0.4 is 10.1 Å².